The monoisotopic (exact) mass is 431 g/mol. The van der Waals surface area contributed by atoms with Crippen LogP contribution < -0.4 is 4.72 Å². The molecule has 1 aliphatic heterocycles. The van der Waals surface area contributed by atoms with E-state index < -0.39 is 10.0 Å². The number of aromatic hydroxyl groups is 1. The van der Waals surface area contributed by atoms with E-state index in [-0.39, 0.29) is 39.6 Å². The highest BCUT2D eigenvalue weighted by atomic mass is 32.2. The molecule has 0 aromatic heterocycles. The predicted octanol–water partition coefficient (Wildman–Crippen LogP) is 1.68. The lowest BCUT2D eigenvalue weighted by Gasteiger charge is -2.35. The fraction of sp³-hybridized carbons (Fsp3) is 0.333. The summed E-state index contributed by atoms with van der Waals surface area (Å²) < 4.78 is 27.2. The zero-order valence-electron chi connectivity index (χ0n) is 16.9. The van der Waals surface area contributed by atoms with E-state index in [9.17, 15) is 23.1 Å². The van der Waals surface area contributed by atoms with Gasteiger partial charge < -0.3 is 14.9 Å². The molecule has 2 aromatic carbocycles. The van der Waals surface area contributed by atoms with Crippen molar-refractivity contribution in [2.75, 3.05) is 26.2 Å². The Morgan fingerprint density at radius 1 is 0.933 bits per heavy atom. The molecule has 2 aromatic rings. The van der Waals surface area contributed by atoms with Gasteiger partial charge in [-0.3, -0.25) is 9.59 Å². The van der Waals surface area contributed by atoms with Crippen LogP contribution in [0, 0.1) is 0 Å². The molecule has 0 unspecified atom stereocenters. The van der Waals surface area contributed by atoms with Crippen LogP contribution in [0.15, 0.2) is 53.4 Å². The number of carbonyl (C=O) groups is 2. The Labute approximate surface area is 176 Å². The fourth-order valence-electron chi connectivity index (χ4n) is 3.29. The van der Waals surface area contributed by atoms with Gasteiger partial charge in [-0.15, -0.1) is 0 Å². The first-order valence-corrected chi connectivity index (χ1v) is 11.2. The highest BCUT2D eigenvalue weighted by Gasteiger charge is 2.27. The smallest absolute Gasteiger partial charge is 0.257 e. The molecule has 0 atom stereocenters. The summed E-state index contributed by atoms with van der Waals surface area (Å²) in [6, 6.07) is 12.0. The molecule has 0 bridgehead atoms. The van der Waals surface area contributed by atoms with Gasteiger partial charge in [0.1, 0.15) is 5.75 Å². The molecule has 3 rings (SSSR count). The van der Waals surface area contributed by atoms with Crippen molar-refractivity contribution in [3.05, 3.63) is 59.7 Å². The summed E-state index contributed by atoms with van der Waals surface area (Å²) in [7, 11) is -3.70. The number of rotatable bonds is 5. The Morgan fingerprint density at radius 3 is 2.13 bits per heavy atom. The Kier molecular flexibility index (Phi) is 6.42. The van der Waals surface area contributed by atoms with Gasteiger partial charge in [-0.2, -0.15) is 0 Å². The summed E-state index contributed by atoms with van der Waals surface area (Å²) in [6.45, 7) is 4.74. The van der Waals surface area contributed by atoms with Crippen LogP contribution in [-0.2, 0) is 10.0 Å². The van der Waals surface area contributed by atoms with Crippen LogP contribution in [0.5, 0.6) is 5.75 Å². The summed E-state index contributed by atoms with van der Waals surface area (Å²) in [6.07, 6.45) is 0. The number of amides is 2. The molecule has 1 heterocycles. The highest BCUT2D eigenvalue weighted by molar-refractivity contribution is 7.89. The standard InChI is InChI=1S/C21H25N3O5S/c1-15(2)22-30(28,29)17-7-5-6-16(14-17)20(26)23-10-12-24(13-11-23)21(27)18-8-3-4-9-19(18)25/h3-9,14-15,22,25H,10-13H2,1-2H3. The summed E-state index contributed by atoms with van der Waals surface area (Å²) >= 11 is 0. The molecule has 2 amide bonds. The summed E-state index contributed by atoms with van der Waals surface area (Å²) in [5, 5.41) is 9.88. The minimum absolute atomic E-state index is 0.0374. The Morgan fingerprint density at radius 2 is 1.53 bits per heavy atom. The number of hydrogen-bond donors (Lipinski definition) is 2. The lowest BCUT2D eigenvalue weighted by atomic mass is 10.1. The number of sulfonamides is 1. The molecule has 9 heteroatoms. The first-order chi connectivity index (χ1) is 14.2. The minimum Gasteiger partial charge on any atom is -0.507 e. The Bertz CT molecular complexity index is 1040. The second kappa shape index (κ2) is 8.85. The molecule has 0 aliphatic carbocycles. The lowest BCUT2D eigenvalue weighted by Crippen LogP contribution is -2.50. The van der Waals surface area contributed by atoms with Crippen LogP contribution in [0.4, 0.5) is 0 Å². The van der Waals surface area contributed by atoms with Crippen molar-refractivity contribution in [3.63, 3.8) is 0 Å². The normalized spacial score (nSPS) is 14.8. The lowest BCUT2D eigenvalue weighted by molar-refractivity contribution is 0.0533. The van der Waals surface area contributed by atoms with E-state index in [0.717, 1.165) is 0 Å². The summed E-state index contributed by atoms with van der Waals surface area (Å²) in [4.78, 5) is 28.7. The number of phenolic OH excluding ortho intramolecular Hbond substituents is 1. The molecule has 2 N–H and O–H groups in total. The van der Waals surface area contributed by atoms with E-state index in [4.69, 9.17) is 0 Å². The van der Waals surface area contributed by atoms with Crippen molar-refractivity contribution in [1.29, 1.82) is 0 Å². The third-order valence-corrected chi connectivity index (χ3v) is 6.43. The molecule has 0 saturated carbocycles. The molecule has 1 fully saturated rings. The number of hydrogen-bond acceptors (Lipinski definition) is 5. The van der Waals surface area contributed by atoms with Crippen molar-refractivity contribution in [2.24, 2.45) is 0 Å². The number of phenols is 1. The number of benzene rings is 2. The molecule has 0 spiro atoms. The second-order valence-electron chi connectivity index (χ2n) is 7.41. The third-order valence-electron chi connectivity index (χ3n) is 4.77. The Hall–Kier alpha value is -2.91. The second-order valence-corrected chi connectivity index (χ2v) is 9.12. The number of carbonyl (C=O) groups excluding carboxylic acids is 2. The van der Waals surface area contributed by atoms with Crippen molar-refractivity contribution >= 4 is 21.8 Å². The maximum atomic E-state index is 12.9. The van der Waals surface area contributed by atoms with Crippen LogP contribution in [0.2, 0.25) is 0 Å². The van der Waals surface area contributed by atoms with Gasteiger partial charge in [0.15, 0.2) is 0 Å². The summed E-state index contributed by atoms with van der Waals surface area (Å²) in [5.41, 5.74) is 0.509. The fourth-order valence-corrected chi connectivity index (χ4v) is 4.59. The van der Waals surface area contributed by atoms with E-state index in [2.05, 4.69) is 4.72 Å². The van der Waals surface area contributed by atoms with Gasteiger partial charge in [-0.05, 0) is 44.2 Å². The van der Waals surface area contributed by atoms with Gasteiger partial charge in [0, 0.05) is 37.8 Å². The number of nitrogens with zero attached hydrogens (tertiary/aromatic N) is 2. The molecule has 160 valence electrons. The van der Waals surface area contributed by atoms with Gasteiger partial charge in [0.05, 0.1) is 10.5 Å². The Balaban J connectivity index is 1.68. The maximum Gasteiger partial charge on any atom is 0.257 e. The highest BCUT2D eigenvalue weighted by Crippen LogP contribution is 2.20. The number of nitrogens with one attached hydrogen (secondary N) is 1. The largest absolute Gasteiger partial charge is 0.507 e. The average molecular weight is 432 g/mol. The van der Waals surface area contributed by atoms with E-state index >= 15 is 0 Å². The van der Waals surface area contributed by atoms with E-state index in [1.807, 2.05) is 0 Å². The molecule has 1 saturated heterocycles. The van der Waals surface area contributed by atoms with Gasteiger partial charge in [-0.1, -0.05) is 18.2 Å². The van der Waals surface area contributed by atoms with E-state index in [1.54, 1.807) is 54.0 Å². The van der Waals surface area contributed by atoms with E-state index in [1.165, 1.54) is 18.2 Å². The first-order valence-electron chi connectivity index (χ1n) is 9.68. The van der Waals surface area contributed by atoms with Crippen molar-refractivity contribution in [3.8, 4) is 5.75 Å². The molecular formula is C21H25N3O5S. The minimum atomic E-state index is -3.70. The van der Waals surface area contributed by atoms with Gasteiger partial charge in [-0.25, -0.2) is 13.1 Å². The quantitative estimate of drug-likeness (QED) is 0.749. The van der Waals surface area contributed by atoms with Crippen LogP contribution in [-0.4, -0.2) is 67.4 Å². The van der Waals surface area contributed by atoms with Crippen molar-refractivity contribution < 1.29 is 23.1 Å². The topological polar surface area (TPSA) is 107 Å². The maximum absolute atomic E-state index is 12.9. The van der Waals surface area contributed by atoms with Crippen LogP contribution >= 0.6 is 0 Å². The molecule has 1 aliphatic rings. The van der Waals surface area contributed by atoms with Crippen LogP contribution in [0.3, 0.4) is 0 Å². The van der Waals surface area contributed by atoms with Crippen molar-refractivity contribution in [2.45, 2.75) is 24.8 Å². The van der Waals surface area contributed by atoms with Crippen LogP contribution in [0.25, 0.3) is 0 Å². The first kappa shape index (κ1) is 21.8. The SMILES string of the molecule is CC(C)NS(=O)(=O)c1cccc(C(=O)N2CCN(C(=O)c3ccccc3O)CC2)c1. The summed E-state index contributed by atoms with van der Waals surface area (Å²) in [5.74, 6) is -0.645. The molecular weight excluding hydrogens is 406 g/mol. The van der Waals surface area contributed by atoms with Gasteiger partial charge in [0.2, 0.25) is 10.0 Å². The average Bonchev–Trinajstić information content (AvgIpc) is 2.72. The molecule has 0 radical (unpaired) electrons. The molecule has 30 heavy (non-hydrogen) atoms. The zero-order valence-corrected chi connectivity index (χ0v) is 17.7. The van der Waals surface area contributed by atoms with Gasteiger partial charge in [0.25, 0.3) is 11.8 Å². The predicted molar refractivity (Wildman–Crippen MR) is 112 cm³/mol. The van der Waals surface area contributed by atoms with Crippen LogP contribution in [0.1, 0.15) is 34.6 Å². The number of piperazine rings is 1. The zero-order chi connectivity index (χ0) is 21.9. The van der Waals surface area contributed by atoms with Crippen molar-refractivity contribution in [1.82, 2.24) is 14.5 Å². The van der Waals surface area contributed by atoms with E-state index in [0.29, 0.717) is 26.2 Å². The van der Waals surface area contributed by atoms with Gasteiger partial charge >= 0.3 is 0 Å². The third kappa shape index (κ3) is 4.80. The number of para-hydroxylation sites is 1. The molecule has 8 nitrogen and oxygen atoms in total.